The SMILES string of the molecule is NCC1(c2csc(-c3ccccc3)n2)CCC1. The lowest BCUT2D eigenvalue weighted by atomic mass is 9.67. The second-order valence-electron chi connectivity index (χ2n) is 4.74. The second kappa shape index (κ2) is 4.24. The van der Waals surface area contributed by atoms with E-state index in [1.165, 1.54) is 30.5 Å². The first-order valence-electron chi connectivity index (χ1n) is 6.06. The molecule has 88 valence electrons. The number of rotatable bonds is 3. The standard InChI is InChI=1S/C14H16N2S/c15-10-14(7-4-8-14)12-9-17-13(16-12)11-5-2-1-3-6-11/h1-3,5-6,9H,4,7-8,10,15H2. The molecule has 1 fully saturated rings. The van der Waals surface area contributed by atoms with Crippen LogP contribution in [0.2, 0.25) is 0 Å². The van der Waals surface area contributed by atoms with Gasteiger partial charge in [-0.05, 0) is 12.8 Å². The number of nitrogens with two attached hydrogens (primary N) is 1. The van der Waals surface area contributed by atoms with Crippen LogP contribution >= 0.6 is 11.3 Å². The molecule has 0 aliphatic heterocycles. The van der Waals surface area contributed by atoms with E-state index in [4.69, 9.17) is 10.7 Å². The molecule has 3 rings (SSSR count). The summed E-state index contributed by atoms with van der Waals surface area (Å²) in [7, 11) is 0. The van der Waals surface area contributed by atoms with Crippen molar-refractivity contribution in [2.75, 3.05) is 6.54 Å². The third-order valence-corrected chi connectivity index (χ3v) is 4.66. The predicted molar refractivity (Wildman–Crippen MR) is 72.1 cm³/mol. The minimum absolute atomic E-state index is 0.184. The van der Waals surface area contributed by atoms with Gasteiger partial charge in [0.25, 0.3) is 0 Å². The molecule has 0 amide bonds. The molecule has 0 spiro atoms. The molecule has 2 aromatic rings. The minimum atomic E-state index is 0.184. The first-order valence-corrected chi connectivity index (χ1v) is 6.93. The summed E-state index contributed by atoms with van der Waals surface area (Å²) in [5, 5.41) is 3.30. The van der Waals surface area contributed by atoms with Gasteiger partial charge >= 0.3 is 0 Å². The normalized spacial score (nSPS) is 17.7. The minimum Gasteiger partial charge on any atom is -0.330 e. The molecule has 1 aliphatic rings. The molecule has 3 heteroatoms. The molecule has 0 radical (unpaired) electrons. The molecule has 1 aromatic carbocycles. The quantitative estimate of drug-likeness (QED) is 0.900. The largest absolute Gasteiger partial charge is 0.330 e. The van der Waals surface area contributed by atoms with Crippen LogP contribution in [-0.2, 0) is 5.41 Å². The van der Waals surface area contributed by atoms with Crippen molar-refractivity contribution in [3.05, 3.63) is 41.4 Å². The van der Waals surface area contributed by atoms with Gasteiger partial charge in [0.1, 0.15) is 5.01 Å². The van der Waals surface area contributed by atoms with Crippen molar-refractivity contribution in [2.24, 2.45) is 5.73 Å². The first-order chi connectivity index (χ1) is 8.34. The Morgan fingerprint density at radius 2 is 2.00 bits per heavy atom. The van der Waals surface area contributed by atoms with Crippen LogP contribution in [0, 0.1) is 0 Å². The maximum absolute atomic E-state index is 5.91. The van der Waals surface area contributed by atoms with Gasteiger partial charge in [-0.15, -0.1) is 11.3 Å². The summed E-state index contributed by atoms with van der Waals surface area (Å²) in [6.07, 6.45) is 3.68. The van der Waals surface area contributed by atoms with Crippen molar-refractivity contribution >= 4 is 11.3 Å². The fourth-order valence-electron chi connectivity index (χ4n) is 2.40. The Bertz CT molecular complexity index is 494. The molecule has 1 saturated carbocycles. The van der Waals surface area contributed by atoms with Gasteiger partial charge in [0.15, 0.2) is 0 Å². The first kappa shape index (κ1) is 10.9. The maximum atomic E-state index is 5.91. The topological polar surface area (TPSA) is 38.9 Å². The number of benzene rings is 1. The molecule has 1 heterocycles. The summed E-state index contributed by atoms with van der Waals surface area (Å²) in [6.45, 7) is 0.727. The van der Waals surface area contributed by atoms with E-state index in [0.717, 1.165) is 11.6 Å². The Labute approximate surface area is 106 Å². The van der Waals surface area contributed by atoms with E-state index in [1.807, 2.05) is 6.07 Å². The van der Waals surface area contributed by atoms with E-state index < -0.39 is 0 Å². The molecule has 0 saturated heterocycles. The average molecular weight is 244 g/mol. The molecule has 0 bridgehead atoms. The van der Waals surface area contributed by atoms with E-state index in [0.29, 0.717) is 0 Å². The van der Waals surface area contributed by atoms with Gasteiger partial charge in [0.2, 0.25) is 0 Å². The molecule has 1 aromatic heterocycles. The number of aromatic nitrogens is 1. The van der Waals surface area contributed by atoms with Crippen molar-refractivity contribution in [3.8, 4) is 10.6 Å². The van der Waals surface area contributed by atoms with Gasteiger partial charge in [0.05, 0.1) is 5.69 Å². The summed E-state index contributed by atoms with van der Waals surface area (Å²) in [6, 6.07) is 10.4. The van der Waals surface area contributed by atoms with E-state index in [2.05, 4.69) is 29.6 Å². The van der Waals surface area contributed by atoms with Crippen LogP contribution in [0.3, 0.4) is 0 Å². The zero-order chi connectivity index (χ0) is 11.7. The van der Waals surface area contributed by atoms with Crippen molar-refractivity contribution in [3.63, 3.8) is 0 Å². The Morgan fingerprint density at radius 3 is 2.59 bits per heavy atom. The van der Waals surface area contributed by atoms with Crippen molar-refractivity contribution < 1.29 is 0 Å². The molecular weight excluding hydrogens is 228 g/mol. The van der Waals surface area contributed by atoms with E-state index in [9.17, 15) is 0 Å². The van der Waals surface area contributed by atoms with Gasteiger partial charge in [-0.2, -0.15) is 0 Å². The lowest BCUT2D eigenvalue weighted by Gasteiger charge is -2.39. The maximum Gasteiger partial charge on any atom is 0.123 e. The predicted octanol–water partition coefficient (Wildman–Crippen LogP) is 3.19. The zero-order valence-corrected chi connectivity index (χ0v) is 10.5. The third-order valence-electron chi connectivity index (χ3n) is 3.77. The van der Waals surface area contributed by atoms with Gasteiger partial charge in [-0.25, -0.2) is 4.98 Å². The number of hydrogen-bond donors (Lipinski definition) is 1. The van der Waals surface area contributed by atoms with Gasteiger partial charge in [-0.1, -0.05) is 36.8 Å². The highest BCUT2D eigenvalue weighted by Gasteiger charge is 2.39. The Kier molecular flexibility index (Phi) is 2.73. The molecule has 2 N–H and O–H groups in total. The van der Waals surface area contributed by atoms with Gasteiger partial charge in [-0.3, -0.25) is 0 Å². The average Bonchev–Trinajstić information content (AvgIpc) is 2.80. The van der Waals surface area contributed by atoms with Crippen LogP contribution in [0.1, 0.15) is 25.0 Å². The lowest BCUT2D eigenvalue weighted by molar-refractivity contribution is 0.247. The number of hydrogen-bond acceptors (Lipinski definition) is 3. The van der Waals surface area contributed by atoms with Crippen molar-refractivity contribution in [1.29, 1.82) is 0 Å². The molecule has 0 unspecified atom stereocenters. The van der Waals surface area contributed by atoms with E-state index >= 15 is 0 Å². The van der Waals surface area contributed by atoms with Gasteiger partial charge in [0, 0.05) is 22.9 Å². The molecule has 1 aliphatic carbocycles. The van der Waals surface area contributed by atoms with Crippen LogP contribution in [-0.4, -0.2) is 11.5 Å². The summed E-state index contributed by atoms with van der Waals surface area (Å²) < 4.78 is 0. The highest BCUT2D eigenvalue weighted by Crippen LogP contribution is 2.43. The van der Waals surface area contributed by atoms with Crippen LogP contribution < -0.4 is 5.73 Å². The molecular formula is C14H16N2S. The molecule has 17 heavy (non-hydrogen) atoms. The lowest BCUT2D eigenvalue weighted by Crippen LogP contribution is -2.41. The van der Waals surface area contributed by atoms with Crippen LogP contribution in [0.25, 0.3) is 10.6 Å². The van der Waals surface area contributed by atoms with E-state index in [-0.39, 0.29) is 5.41 Å². The van der Waals surface area contributed by atoms with Gasteiger partial charge < -0.3 is 5.73 Å². The fourth-order valence-corrected chi connectivity index (χ4v) is 3.35. The van der Waals surface area contributed by atoms with Crippen molar-refractivity contribution in [2.45, 2.75) is 24.7 Å². The Hall–Kier alpha value is -1.19. The number of nitrogens with zero attached hydrogens (tertiary/aromatic N) is 1. The molecule has 0 atom stereocenters. The van der Waals surface area contributed by atoms with Crippen LogP contribution in [0.5, 0.6) is 0 Å². The summed E-state index contributed by atoms with van der Waals surface area (Å²) in [5.41, 5.74) is 8.51. The van der Waals surface area contributed by atoms with E-state index in [1.54, 1.807) is 11.3 Å². The zero-order valence-electron chi connectivity index (χ0n) is 9.73. The highest BCUT2D eigenvalue weighted by molar-refractivity contribution is 7.13. The number of thiazole rings is 1. The van der Waals surface area contributed by atoms with Crippen molar-refractivity contribution in [1.82, 2.24) is 4.98 Å². The smallest absolute Gasteiger partial charge is 0.123 e. The Balaban J connectivity index is 1.93. The summed E-state index contributed by atoms with van der Waals surface area (Å²) >= 11 is 1.73. The third kappa shape index (κ3) is 1.79. The second-order valence-corrected chi connectivity index (χ2v) is 5.60. The highest BCUT2D eigenvalue weighted by atomic mass is 32.1. The molecule has 2 nitrogen and oxygen atoms in total. The summed E-state index contributed by atoms with van der Waals surface area (Å²) in [5.74, 6) is 0. The Morgan fingerprint density at radius 1 is 1.24 bits per heavy atom. The van der Waals surface area contributed by atoms with Crippen LogP contribution in [0.4, 0.5) is 0 Å². The monoisotopic (exact) mass is 244 g/mol. The fraction of sp³-hybridized carbons (Fsp3) is 0.357. The van der Waals surface area contributed by atoms with Crippen LogP contribution in [0.15, 0.2) is 35.7 Å². The summed E-state index contributed by atoms with van der Waals surface area (Å²) in [4.78, 5) is 4.78.